The van der Waals surface area contributed by atoms with Gasteiger partial charge in [-0.25, -0.2) is 0 Å². The maximum absolute atomic E-state index is 12.6. The van der Waals surface area contributed by atoms with Gasteiger partial charge in [0.15, 0.2) is 0 Å². The van der Waals surface area contributed by atoms with Gasteiger partial charge in [0.25, 0.3) is 0 Å². The van der Waals surface area contributed by atoms with Crippen molar-refractivity contribution in [2.24, 2.45) is 0 Å². The zero-order valence-corrected chi connectivity index (χ0v) is 16.0. The molecule has 4 rings (SSSR count). The number of piperidine rings is 1. The summed E-state index contributed by atoms with van der Waals surface area (Å²) >= 11 is 0. The molecule has 2 heterocycles. The molecule has 0 saturated carbocycles. The molecule has 0 aromatic heterocycles. The first-order valence-corrected chi connectivity index (χ1v) is 9.99. The summed E-state index contributed by atoms with van der Waals surface area (Å²) in [6.07, 6.45) is 2.94. The number of likely N-dealkylation sites (tertiary alicyclic amines) is 1. The van der Waals surface area contributed by atoms with Gasteiger partial charge in [-0.15, -0.1) is 0 Å². The molecular weight excluding hydrogens is 336 g/mol. The number of rotatable bonds is 5. The molecule has 0 aliphatic carbocycles. The number of nitrogens with zero attached hydrogens (tertiary/aromatic N) is 1. The number of hydrogen-bond donors (Lipinski definition) is 1. The van der Waals surface area contributed by atoms with Crippen molar-refractivity contribution in [3.8, 4) is 5.75 Å². The van der Waals surface area contributed by atoms with Crippen molar-refractivity contribution >= 4 is 5.91 Å². The molecule has 2 aliphatic rings. The van der Waals surface area contributed by atoms with Crippen LogP contribution in [0.4, 0.5) is 0 Å². The van der Waals surface area contributed by atoms with E-state index in [1.165, 1.54) is 5.56 Å². The number of para-hydroxylation sites is 1. The first kappa shape index (κ1) is 18.1. The fourth-order valence-electron chi connectivity index (χ4n) is 4.48. The molecule has 1 unspecified atom stereocenters. The van der Waals surface area contributed by atoms with Crippen molar-refractivity contribution in [1.82, 2.24) is 10.2 Å². The summed E-state index contributed by atoms with van der Waals surface area (Å²) in [5.74, 6) is 1.17. The van der Waals surface area contributed by atoms with E-state index in [0.29, 0.717) is 6.61 Å². The predicted octanol–water partition coefficient (Wildman–Crippen LogP) is 3.72. The highest BCUT2D eigenvalue weighted by atomic mass is 16.5. The molecule has 27 heavy (non-hydrogen) atoms. The maximum Gasteiger partial charge on any atom is 0.228 e. The summed E-state index contributed by atoms with van der Waals surface area (Å²) in [4.78, 5) is 15.1. The third kappa shape index (κ3) is 3.86. The van der Waals surface area contributed by atoms with Crippen LogP contribution in [0.25, 0.3) is 0 Å². The standard InChI is InChI=1S/C23H28N2O2/c1-2-27-21-11-7-6-10-19(21)17-25-14-12-23(13-15-25)16-20(22(26)24-23)18-8-4-3-5-9-18/h3-11,20H,2,12-17H2,1H3,(H,24,26). The molecule has 4 nitrogen and oxygen atoms in total. The summed E-state index contributed by atoms with van der Waals surface area (Å²) < 4.78 is 5.77. The minimum absolute atomic E-state index is 0.00331. The molecule has 0 radical (unpaired) electrons. The van der Waals surface area contributed by atoms with E-state index in [0.717, 1.165) is 50.2 Å². The average Bonchev–Trinajstić information content (AvgIpc) is 3.02. The highest BCUT2D eigenvalue weighted by Gasteiger charge is 2.46. The Morgan fingerprint density at radius 2 is 1.78 bits per heavy atom. The number of nitrogens with one attached hydrogen (secondary N) is 1. The van der Waals surface area contributed by atoms with Gasteiger partial charge in [-0.2, -0.15) is 0 Å². The average molecular weight is 364 g/mol. The molecular formula is C23H28N2O2. The van der Waals surface area contributed by atoms with Crippen molar-refractivity contribution in [3.63, 3.8) is 0 Å². The Hall–Kier alpha value is -2.33. The second-order valence-electron chi connectivity index (χ2n) is 7.75. The van der Waals surface area contributed by atoms with Crippen LogP contribution >= 0.6 is 0 Å². The molecule has 0 bridgehead atoms. The maximum atomic E-state index is 12.6. The largest absolute Gasteiger partial charge is 0.494 e. The highest BCUT2D eigenvalue weighted by molar-refractivity contribution is 5.87. The van der Waals surface area contributed by atoms with E-state index < -0.39 is 0 Å². The smallest absolute Gasteiger partial charge is 0.228 e. The van der Waals surface area contributed by atoms with Crippen LogP contribution in [0.15, 0.2) is 54.6 Å². The van der Waals surface area contributed by atoms with E-state index in [2.05, 4.69) is 34.5 Å². The third-order valence-corrected chi connectivity index (χ3v) is 5.98. The fourth-order valence-corrected chi connectivity index (χ4v) is 4.48. The van der Waals surface area contributed by atoms with Crippen molar-refractivity contribution in [1.29, 1.82) is 0 Å². The van der Waals surface area contributed by atoms with E-state index in [-0.39, 0.29) is 17.4 Å². The molecule has 2 aromatic carbocycles. The quantitative estimate of drug-likeness (QED) is 0.879. The van der Waals surface area contributed by atoms with Crippen LogP contribution in [-0.2, 0) is 11.3 Å². The Kier molecular flexibility index (Phi) is 5.17. The van der Waals surface area contributed by atoms with Crippen LogP contribution in [0.5, 0.6) is 5.75 Å². The number of ether oxygens (including phenoxy) is 1. The first-order chi connectivity index (χ1) is 13.2. The summed E-state index contributed by atoms with van der Waals surface area (Å²) in [7, 11) is 0. The molecule has 2 saturated heterocycles. The molecule has 2 aliphatic heterocycles. The van der Waals surface area contributed by atoms with E-state index >= 15 is 0 Å². The summed E-state index contributed by atoms with van der Waals surface area (Å²) in [5, 5.41) is 3.34. The van der Waals surface area contributed by atoms with Gasteiger partial charge in [0.1, 0.15) is 5.75 Å². The first-order valence-electron chi connectivity index (χ1n) is 9.99. The Morgan fingerprint density at radius 3 is 2.52 bits per heavy atom. The van der Waals surface area contributed by atoms with Crippen molar-refractivity contribution in [2.45, 2.75) is 44.2 Å². The lowest BCUT2D eigenvalue weighted by Gasteiger charge is -2.39. The fraction of sp³-hybridized carbons (Fsp3) is 0.435. The van der Waals surface area contributed by atoms with Crippen molar-refractivity contribution in [3.05, 3.63) is 65.7 Å². The zero-order valence-electron chi connectivity index (χ0n) is 16.0. The van der Waals surface area contributed by atoms with Gasteiger partial charge >= 0.3 is 0 Å². The van der Waals surface area contributed by atoms with Gasteiger partial charge < -0.3 is 10.1 Å². The normalized spacial score (nSPS) is 22.0. The number of benzene rings is 2. The second-order valence-corrected chi connectivity index (χ2v) is 7.75. The number of amides is 1. The lowest BCUT2D eigenvalue weighted by atomic mass is 9.82. The van der Waals surface area contributed by atoms with Gasteiger partial charge in [0, 0.05) is 30.7 Å². The molecule has 4 heteroatoms. The zero-order chi connectivity index (χ0) is 18.7. The minimum atomic E-state index is -0.0342. The van der Waals surface area contributed by atoms with Gasteiger partial charge in [-0.05, 0) is 37.8 Å². The van der Waals surface area contributed by atoms with Gasteiger partial charge in [0.05, 0.1) is 12.5 Å². The molecule has 2 aromatic rings. The Bertz CT molecular complexity index is 782. The van der Waals surface area contributed by atoms with E-state index in [1.807, 2.05) is 37.3 Å². The van der Waals surface area contributed by atoms with Gasteiger partial charge in [-0.1, -0.05) is 48.5 Å². The van der Waals surface area contributed by atoms with Crippen LogP contribution in [0.2, 0.25) is 0 Å². The molecule has 1 amide bonds. The van der Waals surface area contributed by atoms with Crippen LogP contribution in [0.3, 0.4) is 0 Å². The van der Waals surface area contributed by atoms with E-state index in [1.54, 1.807) is 0 Å². The van der Waals surface area contributed by atoms with Crippen LogP contribution in [0.1, 0.15) is 43.2 Å². The number of carbonyl (C=O) groups excluding carboxylic acids is 1. The Morgan fingerprint density at radius 1 is 1.07 bits per heavy atom. The summed E-state index contributed by atoms with van der Waals surface area (Å²) in [6.45, 7) is 5.62. The Balaban J connectivity index is 1.39. The lowest BCUT2D eigenvalue weighted by molar-refractivity contribution is -0.121. The summed E-state index contributed by atoms with van der Waals surface area (Å²) in [5.41, 5.74) is 2.35. The SMILES string of the molecule is CCOc1ccccc1CN1CCC2(CC1)CC(c1ccccc1)C(=O)N2. The van der Waals surface area contributed by atoms with Crippen LogP contribution in [0, 0.1) is 0 Å². The molecule has 1 atom stereocenters. The van der Waals surface area contributed by atoms with Crippen molar-refractivity contribution < 1.29 is 9.53 Å². The van der Waals surface area contributed by atoms with Crippen molar-refractivity contribution in [2.75, 3.05) is 19.7 Å². The van der Waals surface area contributed by atoms with Crippen LogP contribution in [-0.4, -0.2) is 36.0 Å². The summed E-state index contributed by atoms with van der Waals surface area (Å²) in [6, 6.07) is 18.5. The van der Waals surface area contributed by atoms with E-state index in [9.17, 15) is 4.79 Å². The monoisotopic (exact) mass is 364 g/mol. The lowest BCUT2D eigenvalue weighted by Crippen LogP contribution is -2.50. The number of hydrogen-bond acceptors (Lipinski definition) is 3. The topological polar surface area (TPSA) is 41.6 Å². The molecule has 2 fully saturated rings. The molecule has 1 N–H and O–H groups in total. The second kappa shape index (κ2) is 7.73. The van der Waals surface area contributed by atoms with Gasteiger partial charge in [0.2, 0.25) is 5.91 Å². The Labute approximate surface area is 161 Å². The molecule has 142 valence electrons. The third-order valence-electron chi connectivity index (χ3n) is 5.98. The van der Waals surface area contributed by atoms with Gasteiger partial charge in [-0.3, -0.25) is 9.69 Å². The molecule has 1 spiro atoms. The minimum Gasteiger partial charge on any atom is -0.494 e. The van der Waals surface area contributed by atoms with Crippen LogP contribution < -0.4 is 10.1 Å². The highest BCUT2D eigenvalue weighted by Crippen LogP contribution is 2.39. The number of carbonyl (C=O) groups is 1. The predicted molar refractivity (Wildman–Crippen MR) is 107 cm³/mol. The van der Waals surface area contributed by atoms with E-state index in [4.69, 9.17) is 4.74 Å².